The number of benzene rings is 1. The molecule has 3 aromatic rings. The number of rotatable bonds is 1. The first-order valence-corrected chi connectivity index (χ1v) is 6.63. The van der Waals surface area contributed by atoms with Crippen LogP contribution in [0.2, 0.25) is 9.49 Å². The first-order valence-electron chi connectivity index (χ1n) is 5.05. The van der Waals surface area contributed by atoms with E-state index >= 15 is 0 Å². The number of aromatic hydroxyl groups is 1. The van der Waals surface area contributed by atoms with Crippen molar-refractivity contribution < 1.29 is 5.11 Å². The predicted molar refractivity (Wildman–Crippen MR) is 74.5 cm³/mol. The highest BCUT2D eigenvalue weighted by Crippen LogP contribution is 2.32. The third-order valence-electron chi connectivity index (χ3n) is 2.43. The first kappa shape index (κ1) is 11.7. The van der Waals surface area contributed by atoms with Crippen molar-refractivity contribution in [1.29, 1.82) is 0 Å². The molecule has 0 aliphatic rings. The molecule has 0 spiro atoms. The Bertz CT molecular complexity index is 742. The van der Waals surface area contributed by atoms with Crippen LogP contribution >= 0.6 is 34.5 Å². The van der Waals surface area contributed by atoms with Gasteiger partial charge in [-0.1, -0.05) is 23.2 Å². The first-order chi connectivity index (χ1) is 8.63. The second-order valence-corrected chi connectivity index (χ2v) is 5.72. The van der Waals surface area contributed by atoms with E-state index in [4.69, 9.17) is 23.2 Å². The van der Waals surface area contributed by atoms with Crippen molar-refractivity contribution in [2.24, 2.45) is 0 Å². The SMILES string of the molecule is Oc1ccc2nc(-c3ccc(Cl)s3)nc(Cl)c2c1. The molecule has 0 unspecified atom stereocenters. The van der Waals surface area contributed by atoms with Crippen LogP contribution in [0.25, 0.3) is 21.6 Å². The van der Waals surface area contributed by atoms with Crippen molar-refractivity contribution in [1.82, 2.24) is 9.97 Å². The summed E-state index contributed by atoms with van der Waals surface area (Å²) in [6.07, 6.45) is 0. The third-order valence-corrected chi connectivity index (χ3v) is 3.94. The van der Waals surface area contributed by atoms with E-state index in [1.807, 2.05) is 6.07 Å². The zero-order valence-corrected chi connectivity index (χ0v) is 11.2. The van der Waals surface area contributed by atoms with Gasteiger partial charge in [0.25, 0.3) is 0 Å². The average molecular weight is 297 g/mol. The topological polar surface area (TPSA) is 46.0 Å². The van der Waals surface area contributed by atoms with Gasteiger partial charge in [0.2, 0.25) is 0 Å². The van der Waals surface area contributed by atoms with E-state index in [0.717, 1.165) is 4.88 Å². The largest absolute Gasteiger partial charge is 0.508 e. The highest BCUT2D eigenvalue weighted by Gasteiger charge is 2.10. The van der Waals surface area contributed by atoms with Crippen LogP contribution in [0, 0.1) is 0 Å². The fourth-order valence-electron chi connectivity index (χ4n) is 1.62. The van der Waals surface area contributed by atoms with Crippen LogP contribution in [0.1, 0.15) is 0 Å². The van der Waals surface area contributed by atoms with E-state index in [-0.39, 0.29) is 5.75 Å². The summed E-state index contributed by atoms with van der Waals surface area (Å²) >= 11 is 13.4. The summed E-state index contributed by atoms with van der Waals surface area (Å²) in [7, 11) is 0. The number of thiophene rings is 1. The lowest BCUT2D eigenvalue weighted by Gasteiger charge is -2.03. The molecule has 6 heteroatoms. The minimum Gasteiger partial charge on any atom is -0.508 e. The van der Waals surface area contributed by atoms with Gasteiger partial charge in [-0.05, 0) is 30.3 Å². The number of nitrogens with zero attached hydrogens (tertiary/aromatic N) is 2. The minimum absolute atomic E-state index is 0.139. The third kappa shape index (κ3) is 2.03. The Labute approximate surface area is 117 Å². The lowest BCUT2D eigenvalue weighted by Crippen LogP contribution is -1.89. The molecule has 0 saturated heterocycles. The van der Waals surface area contributed by atoms with Gasteiger partial charge >= 0.3 is 0 Å². The molecule has 0 aliphatic carbocycles. The quantitative estimate of drug-likeness (QED) is 0.678. The molecule has 2 aromatic heterocycles. The average Bonchev–Trinajstić information content (AvgIpc) is 2.77. The van der Waals surface area contributed by atoms with Crippen LogP contribution in [-0.2, 0) is 0 Å². The normalized spacial score (nSPS) is 11.0. The van der Waals surface area contributed by atoms with Crippen molar-refractivity contribution in [2.45, 2.75) is 0 Å². The molecule has 3 rings (SSSR count). The summed E-state index contributed by atoms with van der Waals surface area (Å²) < 4.78 is 0.676. The Hall–Kier alpha value is -1.36. The highest BCUT2D eigenvalue weighted by atomic mass is 35.5. The summed E-state index contributed by atoms with van der Waals surface area (Å²) in [5.74, 6) is 0.676. The molecule has 90 valence electrons. The molecule has 0 radical (unpaired) electrons. The van der Waals surface area contributed by atoms with Gasteiger partial charge < -0.3 is 5.11 Å². The standard InChI is InChI=1S/C12H6Cl2N2OS/c13-10-4-3-9(18-10)12-15-8-2-1-6(17)5-7(8)11(14)16-12/h1-5,17H. The van der Waals surface area contributed by atoms with E-state index in [1.165, 1.54) is 11.3 Å². The second-order valence-electron chi connectivity index (χ2n) is 3.64. The zero-order valence-electron chi connectivity index (χ0n) is 8.89. The van der Waals surface area contributed by atoms with Gasteiger partial charge in [-0.2, -0.15) is 0 Å². The molecule has 1 aromatic carbocycles. The summed E-state index contributed by atoms with van der Waals surface area (Å²) in [5.41, 5.74) is 0.687. The number of halogens is 2. The molecule has 0 amide bonds. The van der Waals surface area contributed by atoms with Crippen molar-refractivity contribution >= 4 is 45.4 Å². The Balaban J connectivity index is 2.24. The Kier molecular flexibility index (Phi) is 2.86. The monoisotopic (exact) mass is 296 g/mol. The molecule has 2 heterocycles. The number of phenols is 1. The van der Waals surface area contributed by atoms with E-state index < -0.39 is 0 Å². The van der Waals surface area contributed by atoms with Crippen molar-refractivity contribution in [3.05, 3.63) is 39.8 Å². The van der Waals surface area contributed by atoms with E-state index in [0.29, 0.717) is 26.2 Å². The number of phenolic OH excluding ortho intramolecular Hbond substituents is 1. The maximum absolute atomic E-state index is 9.41. The maximum atomic E-state index is 9.41. The lowest BCUT2D eigenvalue weighted by molar-refractivity contribution is 0.476. The van der Waals surface area contributed by atoms with Gasteiger partial charge in [-0.3, -0.25) is 0 Å². The van der Waals surface area contributed by atoms with Crippen LogP contribution in [0.4, 0.5) is 0 Å². The van der Waals surface area contributed by atoms with Gasteiger partial charge in [0.05, 0.1) is 14.7 Å². The molecule has 0 bridgehead atoms. The maximum Gasteiger partial charge on any atom is 0.171 e. The Morgan fingerprint density at radius 3 is 2.61 bits per heavy atom. The van der Waals surface area contributed by atoms with Crippen LogP contribution in [0.3, 0.4) is 0 Å². The summed E-state index contributed by atoms with van der Waals surface area (Å²) in [5, 5.41) is 10.4. The lowest BCUT2D eigenvalue weighted by atomic mass is 10.2. The zero-order chi connectivity index (χ0) is 12.7. The molecule has 3 nitrogen and oxygen atoms in total. The number of hydrogen-bond acceptors (Lipinski definition) is 4. The van der Waals surface area contributed by atoms with Gasteiger partial charge in [0.1, 0.15) is 10.9 Å². The minimum atomic E-state index is 0.139. The fraction of sp³-hybridized carbons (Fsp3) is 0. The molecular weight excluding hydrogens is 291 g/mol. The van der Waals surface area contributed by atoms with Gasteiger partial charge in [0, 0.05) is 5.39 Å². The molecule has 0 fully saturated rings. The van der Waals surface area contributed by atoms with Crippen LogP contribution < -0.4 is 0 Å². The predicted octanol–water partition coefficient (Wildman–Crippen LogP) is 4.37. The fourth-order valence-corrected chi connectivity index (χ4v) is 2.83. The number of fused-ring (bicyclic) bond motifs is 1. The van der Waals surface area contributed by atoms with Crippen molar-refractivity contribution in [3.8, 4) is 16.5 Å². The van der Waals surface area contributed by atoms with Gasteiger partial charge in [-0.15, -0.1) is 11.3 Å². The van der Waals surface area contributed by atoms with E-state index in [9.17, 15) is 5.11 Å². The second kappa shape index (κ2) is 4.39. The van der Waals surface area contributed by atoms with Crippen molar-refractivity contribution in [2.75, 3.05) is 0 Å². The van der Waals surface area contributed by atoms with Gasteiger partial charge in [0.15, 0.2) is 5.82 Å². The Morgan fingerprint density at radius 2 is 1.89 bits per heavy atom. The van der Waals surface area contributed by atoms with E-state index in [2.05, 4.69) is 9.97 Å². The van der Waals surface area contributed by atoms with Crippen molar-refractivity contribution in [3.63, 3.8) is 0 Å². The summed E-state index contributed by atoms with van der Waals surface area (Å²) in [4.78, 5) is 9.49. The molecule has 0 saturated carbocycles. The molecular formula is C12H6Cl2N2OS. The van der Waals surface area contributed by atoms with Crippen LogP contribution in [-0.4, -0.2) is 15.1 Å². The number of hydrogen-bond donors (Lipinski definition) is 1. The van der Waals surface area contributed by atoms with Crippen LogP contribution in [0.15, 0.2) is 30.3 Å². The molecule has 18 heavy (non-hydrogen) atoms. The molecule has 0 atom stereocenters. The smallest absolute Gasteiger partial charge is 0.171 e. The summed E-state index contributed by atoms with van der Waals surface area (Å²) in [6.45, 7) is 0. The molecule has 1 N–H and O–H groups in total. The number of aromatic nitrogens is 2. The summed E-state index contributed by atoms with van der Waals surface area (Å²) in [6, 6.07) is 8.46. The van der Waals surface area contributed by atoms with Crippen LogP contribution in [0.5, 0.6) is 5.75 Å². The van der Waals surface area contributed by atoms with Gasteiger partial charge in [-0.25, -0.2) is 9.97 Å². The van der Waals surface area contributed by atoms with E-state index in [1.54, 1.807) is 24.3 Å². The molecule has 0 aliphatic heterocycles. The Morgan fingerprint density at radius 1 is 1.06 bits per heavy atom. The highest BCUT2D eigenvalue weighted by molar-refractivity contribution is 7.19.